The minimum atomic E-state index is 0. The molecule has 0 rings (SSSR count). The smallest absolute Gasteiger partial charge is 0 e. The summed E-state index contributed by atoms with van der Waals surface area (Å²) in [6.07, 6.45) is 0. The molecule has 0 aliphatic rings. The number of hydrogen-bond donors (Lipinski definition) is 10. The van der Waals surface area contributed by atoms with Gasteiger partial charge >= 0.3 is 0 Å². The Morgan fingerprint density at radius 3 is 0.0735 bits per heavy atom. The molecule has 0 bridgehead atoms. The quantitative estimate of drug-likeness (QED) is 0.108. The van der Waals surface area contributed by atoms with E-state index in [0.717, 1.165) is 0 Å². The molecule has 0 aliphatic carbocycles. The van der Waals surface area contributed by atoms with Crippen LogP contribution in [-0.4, -0.2) is 82.1 Å². The van der Waals surface area contributed by atoms with E-state index in [1.165, 1.54) is 0 Å². The van der Waals surface area contributed by atoms with Crippen molar-refractivity contribution in [2.75, 3.05) is 0 Å². The van der Waals surface area contributed by atoms with Crippen LogP contribution in [0.3, 0.4) is 0 Å². The molecule has 458 valence electrons. The van der Waals surface area contributed by atoms with Crippen molar-refractivity contribution in [3.8, 4) is 0 Å². The molecular formula is H50N10O46W12-10. The summed E-state index contributed by atoms with van der Waals surface area (Å²) in [4.78, 5) is 0. The SMILES string of the molecule is N.N.N.N.N.N.N.N.N.N.O.O.O.O.O.[OH-].[OH-].[OH-].[OH-].[OH-].[OH-].[OH-].[OH-].[OH-].[OH-].[O].[O].[O].[O].[O].[O].[O].[O].[O].[O].[O].[O].[O].[O].[O].[O].[O].[O].[O].[O].[O].[O].[O].[O].[O].[O].[O].[O].[O].[O].[O].[W].[W].[W].[W].[W].[W].[W].[W].[W].[W].[W].[W]. The first-order valence-electron chi connectivity index (χ1n) is 0. The Kier molecular flexibility index (Phi) is 1670000. The molecular weight excluding hydrogens is 3080 g/mol. The van der Waals surface area contributed by atoms with E-state index in [0.29, 0.717) is 0 Å². The molecule has 56 nitrogen and oxygen atoms in total. The monoisotopic (exact) mass is 3130 g/mol. The zero-order chi connectivity index (χ0) is 0. The van der Waals surface area contributed by atoms with E-state index in [4.69, 9.17) is 0 Å². The van der Waals surface area contributed by atoms with Crippen molar-refractivity contribution in [1.29, 1.82) is 0 Å². The second kappa shape index (κ2) is 10500. The molecule has 62 radical (unpaired) electrons. The summed E-state index contributed by atoms with van der Waals surface area (Å²) in [5, 5.41) is 0. The van der Waals surface area contributed by atoms with Crippen LogP contribution in [0.1, 0.15) is 0 Å². The van der Waals surface area contributed by atoms with E-state index in [9.17, 15) is 0 Å². The second-order valence-corrected chi connectivity index (χ2v) is 0. The predicted molar refractivity (Wildman–Crippen MR) is 109 cm³/mol. The first kappa shape index (κ1) is 10900. The van der Waals surface area contributed by atoms with Crippen molar-refractivity contribution in [3.05, 3.63) is 0 Å². The van der Waals surface area contributed by atoms with Gasteiger partial charge in [0.15, 0.2) is 0 Å². The van der Waals surface area contributed by atoms with Gasteiger partial charge in [0.25, 0.3) is 0 Å². The maximum absolute atomic E-state index is 0. The van der Waals surface area contributed by atoms with Crippen LogP contribution in [0.5, 0.6) is 0 Å². The van der Waals surface area contributed by atoms with Gasteiger partial charge in [-0.3, -0.25) is 0 Å². The van der Waals surface area contributed by atoms with Crippen molar-refractivity contribution < 1.29 is 505 Å². The molecule has 0 aromatic carbocycles. The summed E-state index contributed by atoms with van der Waals surface area (Å²) in [6.45, 7) is 0. The van der Waals surface area contributed by atoms with Crippen LogP contribution in [0.2, 0.25) is 0 Å². The zero-order valence-corrected chi connectivity index (χ0v) is 66.8. The third kappa shape index (κ3) is 10000. The van der Waals surface area contributed by atoms with Crippen molar-refractivity contribution in [3.63, 3.8) is 0 Å². The van der Waals surface area contributed by atoms with Gasteiger partial charge in [-0.2, -0.15) is 0 Å². The van der Waals surface area contributed by atoms with Gasteiger partial charge in [0, 0.05) is 423 Å². The van der Waals surface area contributed by atoms with Crippen molar-refractivity contribution in [1.82, 2.24) is 61.5 Å². The molecule has 0 saturated carbocycles. The van der Waals surface area contributed by atoms with Crippen LogP contribution in [0.25, 0.3) is 0 Å². The Morgan fingerprint density at radius 2 is 0.0735 bits per heavy atom. The molecule has 0 heterocycles. The van der Waals surface area contributed by atoms with Gasteiger partial charge in [0.05, 0.1) is 0 Å². The molecule has 0 unspecified atom stereocenters. The van der Waals surface area contributed by atoms with Gasteiger partial charge in [-0.25, -0.2) is 0 Å². The van der Waals surface area contributed by atoms with Crippen LogP contribution < -0.4 is 61.5 Å². The van der Waals surface area contributed by atoms with Crippen LogP contribution in [0.15, 0.2) is 0 Å². The van der Waals surface area contributed by atoms with Gasteiger partial charge in [-0.15, -0.1) is 0 Å². The van der Waals surface area contributed by atoms with Crippen LogP contribution in [0.4, 0.5) is 0 Å². The predicted octanol–water partition coefficient (Wildman–Crippen LogP) is -7.98. The number of rotatable bonds is 0. The summed E-state index contributed by atoms with van der Waals surface area (Å²) >= 11 is 0. The molecule has 0 fully saturated rings. The van der Waals surface area contributed by atoms with Crippen LogP contribution in [0, 0.1) is 0 Å². The van der Waals surface area contributed by atoms with Crippen molar-refractivity contribution in [2.45, 2.75) is 0 Å². The Balaban J connectivity index is 0. The maximum atomic E-state index is 0. The van der Waals surface area contributed by atoms with Crippen molar-refractivity contribution >= 4 is 0 Å². The minimum absolute atomic E-state index is 0. The Bertz CT molecular complexity index is 83.6. The summed E-state index contributed by atoms with van der Waals surface area (Å²) < 4.78 is 0. The first-order valence-corrected chi connectivity index (χ1v) is 0. The number of hydrogen-bond acceptors (Lipinski definition) is 20. The summed E-state index contributed by atoms with van der Waals surface area (Å²) in [5.74, 6) is 0. The average Bonchev–Trinajstić information content (AvgIpc) is 0. The minimum Gasteiger partial charge on any atom is -0.870 e. The normalized spacial score (nSPS) is 0. The molecule has 0 saturated heterocycles. The third-order valence-electron chi connectivity index (χ3n) is 0. The molecule has 68 heteroatoms. The van der Waals surface area contributed by atoms with E-state index >= 15 is 0 Å². The van der Waals surface area contributed by atoms with E-state index < -0.39 is 0 Å². The summed E-state index contributed by atoms with van der Waals surface area (Å²) in [7, 11) is 0. The Labute approximate surface area is 559 Å². The molecule has 0 aromatic rings. The zero-order valence-electron chi connectivity index (χ0n) is 31.6. The fraction of sp³-hybridized carbons (Fsp3) is 0. The Hall–Kier alpha value is 6.02. The summed E-state index contributed by atoms with van der Waals surface area (Å²) in [6, 6.07) is 0. The largest absolute Gasteiger partial charge is 0.870 e. The van der Waals surface area contributed by atoms with Crippen LogP contribution in [-0.2, 0) is 423 Å². The van der Waals surface area contributed by atoms with E-state index in [1.54, 1.807) is 0 Å². The molecule has 0 atom stereocenters. The molecule has 0 amide bonds. The van der Waals surface area contributed by atoms with Crippen LogP contribution >= 0.6 is 0 Å². The third-order valence-corrected chi connectivity index (χ3v) is 0. The topological polar surface area (TPSA) is 1690 Å². The average molecular weight is 3130 g/mol. The molecule has 0 spiro atoms. The molecule has 50 N–H and O–H groups in total. The molecule has 68 heavy (non-hydrogen) atoms. The van der Waals surface area contributed by atoms with Gasteiger partial charge in [0.1, 0.15) is 0 Å². The summed E-state index contributed by atoms with van der Waals surface area (Å²) in [5.41, 5.74) is 0. The van der Waals surface area contributed by atoms with E-state index in [1.807, 2.05) is 0 Å². The van der Waals surface area contributed by atoms with Gasteiger partial charge in [-0.1, -0.05) is 0 Å². The van der Waals surface area contributed by atoms with E-state index in [-0.39, 0.29) is 566 Å². The van der Waals surface area contributed by atoms with Crippen molar-refractivity contribution in [2.24, 2.45) is 0 Å². The fourth-order valence-electron chi connectivity index (χ4n) is 0. The maximum Gasteiger partial charge on any atom is 0 e. The van der Waals surface area contributed by atoms with Gasteiger partial charge in [-0.05, 0) is 0 Å². The van der Waals surface area contributed by atoms with E-state index in [2.05, 4.69) is 0 Å². The molecule has 0 aromatic heterocycles. The first-order chi connectivity index (χ1) is 0. The standard InChI is InChI=1S/10H3N.15H2O.31O.12W/h10*1H3;15*1H2;;;;;;;;;;;;;;;;;;;;;;;;;;;;;;;;;;;;;;;;;;;/p-10. The molecule has 0 aliphatic heterocycles. The van der Waals surface area contributed by atoms with Gasteiger partial charge in [0.2, 0.25) is 0 Å². The Morgan fingerprint density at radius 1 is 0.0735 bits per heavy atom. The fourth-order valence-corrected chi connectivity index (χ4v) is 0. The van der Waals surface area contributed by atoms with Gasteiger partial charge < -0.3 is 144 Å². The second-order valence-electron chi connectivity index (χ2n) is 0.